The molecule has 42 heavy (non-hydrogen) atoms. The second kappa shape index (κ2) is 15.1. The normalized spacial score (nSPS) is 11.0. The number of unbranched alkanes of at least 4 members (excludes halogenated alkanes) is 1. The molecule has 4 aromatic rings. The Morgan fingerprint density at radius 1 is 0.833 bits per heavy atom. The zero-order chi connectivity index (χ0) is 29.9. The minimum Gasteiger partial charge on any atom is -0.490 e. The molecule has 0 aliphatic carbocycles. The molecule has 0 bridgehead atoms. The highest BCUT2D eigenvalue weighted by molar-refractivity contribution is 5.98. The van der Waals surface area contributed by atoms with Crippen LogP contribution in [0.15, 0.2) is 91.0 Å². The van der Waals surface area contributed by atoms with Gasteiger partial charge in [0.25, 0.3) is 0 Å². The topological polar surface area (TPSA) is 57.2 Å². The molecule has 4 aromatic carbocycles. The van der Waals surface area contributed by atoms with Crippen LogP contribution < -0.4 is 14.4 Å². The van der Waals surface area contributed by atoms with Gasteiger partial charge in [-0.3, -0.25) is 0 Å². The standard InChI is InChI=1S/C35H38FNO5/c1-5-6-22-41-33-29(34(38)42-28-20-14-9-15-21-28)25(2)31(36)30(35(39-3)40-4)32(33)37(23-26-16-10-7-11-17-26)24-27-18-12-8-13-19-27/h7-21,35H,5-6,22-24H2,1-4H3. The average molecular weight is 572 g/mol. The lowest BCUT2D eigenvalue weighted by molar-refractivity contribution is -0.107. The van der Waals surface area contributed by atoms with E-state index in [2.05, 4.69) is 6.92 Å². The number of halogens is 1. The predicted octanol–water partition coefficient (Wildman–Crippen LogP) is 8.03. The molecule has 220 valence electrons. The van der Waals surface area contributed by atoms with Gasteiger partial charge in [-0.1, -0.05) is 92.2 Å². The second-order valence-electron chi connectivity index (χ2n) is 9.94. The van der Waals surface area contributed by atoms with E-state index in [4.69, 9.17) is 18.9 Å². The van der Waals surface area contributed by atoms with E-state index in [1.807, 2.05) is 71.6 Å². The van der Waals surface area contributed by atoms with Crippen molar-refractivity contribution < 1.29 is 28.1 Å². The summed E-state index contributed by atoms with van der Waals surface area (Å²) in [5, 5.41) is 0. The first-order chi connectivity index (χ1) is 20.5. The third kappa shape index (κ3) is 7.35. The molecule has 0 N–H and O–H groups in total. The molecule has 0 amide bonds. The summed E-state index contributed by atoms with van der Waals surface area (Å²) in [7, 11) is 2.92. The fourth-order valence-corrected chi connectivity index (χ4v) is 4.86. The number of hydrogen-bond acceptors (Lipinski definition) is 6. The molecule has 0 aliphatic heterocycles. The van der Waals surface area contributed by atoms with Crippen LogP contribution in [0.1, 0.15) is 58.7 Å². The Morgan fingerprint density at radius 3 is 1.86 bits per heavy atom. The van der Waals surface area contributed by atoms with Crippen LogP contribution in [0.3, 0.4) is 0 Å². The molecule has 7 heteroatoms. The fourth-order valence-electron chi connectivity index (χ4n) is 4.86. The van der Waals surface area contributed by atoms with E-state index in [0.717, 1.165) is 24.0 Å². The Morgan fingerprint density at radius 2 is 1.36 bits per heavy atom. The van der Waals surface area contributed by atoms with Crippen molar-refractivity contribution in [3.63, 3.8) is 0 Å². The van der Waals surface area contributed by atoms with Gasteiger partial charge in [-0.05, 0) is 36.6 Å². The SMILES string of the molecule is CCCCOc1c(C(=O)Oc2ccccc2)c(C)c(F)c(C(OC)OC)c1N(Cc1ccccc1)Cc1ccccc1. The number of benzene rings is 4. The summed E-state index contributed by atoms with van der Waals surface area (Å²) < 4.78 is 40.0. The van der Waals surface area contributed by atoms with Crippen molar-refractivity contribution in [2.24, 2.45) is 0 Å². The maximum Gasteiger partial charge on any atom is 0.347 e. The number of rotatable bonds is 14. The van der Waals surface area contributed by atoms with Gasteiger partial charge < -0.3 is 23.8 Å². The first kappa shape index (κ1) is 30.8. The molecular formula is C35H38FNO5. The van der Waals surface area contributed by atoms with Crippen molar-refractivity contribution in [2.75, 3.05) is 25.7 Å². The molecule has 0 heterocycles. The van der Waals surface area contributed by atoms with Gasteiger partial charge in [0.1, 0.15) is 17.1 Å². The molecule has 0 unspecified atom stereocenters. The number of para-hydroxylation sites is 1. The lowest BCUT2D eigenvalue weighted by atomic mass is 9.97. The third-order valence-electron chi connectivity index (χ3n) is 6.95. The molecule has 0 saturated carbocycles. The lowest BCUT2D eigenvalue weighted by Gasteiger charge is -2.33. The molecule has 0 radical (unpaired) electrons. The lowest BCUT2D eigenvalue weighted by Crippen LogP contribution is -2.28. The maximum atomic E-state index is 16.6. The number of hydrogen-bond donors (Lipinski definition) is 0. The van der Waals surface area contributed by atoms with Crippen LogP contribution in [-0.2, 0) is 22.6 Å². The van der Waals surface area contributed by atoms with Gasteiger partial charge in [-0.2, -0.15) is 0 Å². The van der Waals surface area contributed by atoms with Gasteiger partial charge in [-0.15, -0.1) is 0 Å². The van der Waals surface area contributed by atoms with Crippen molar-refractivity contribution >= 4 is 11.7 Å². The van der Waals surface area contributed by atoms with E-state index >= 15 is 4.39 Å². The van der Waals surface area contributed by atoms with Crippen molar-refractivity contribution in [2.45, 2.75) is 46.1 Å². The van der Waals surface area contributed by atoms with Gasteiger partial charge in [0.05, 0.1) is 17.9 Å². The Balaban J connectivity index is 1.99. The highest BCUT2D eigenvalue weighted by Crippen LogP contribution is 2.45. The molecule has 0 atom stereocenters. The van der Waals surface area contributed by atoms with E-state index in [9.17, 15) is 4.79 Å². The van der Waals surface area contributed by atoms with Crippen LogP contribution in [0.2, 0.25) is 0 Å². The molecule has 0 spiro atoms. The first-order valence-electron chi connectivity index (χ1n) is 14.1. The fraction of sp³-hybridized carbons (Fsp3) is 0.286. The van der Waals surface area contributed by atoms with Crippen LogP contribution in [-0.4, -0.2) is 26.8 Å². The van der Waals surface area contributed by atoms with E-state index in [1.165, 1.54) is 14.2 Å². The average Bonchev–Trinajstić information content (AvgIpc) is 3.01. The van der Waals surface area contributed by atoms with Crippen molar-refractivity contribution in [1.29, 1.82) is 0 Å². The zero-order valence-electron chi connectivity index (χ0n) is 24.6. The van der Waals surface area contributed by atoms with Crippen LogP contribution >= 0.6 is 0 Å². The summed E-state index contributed by atoms with van der Waals surface area (Å²) in [6.07, 6.45) is 0.566. The molecular weight excluding hydrogens is 533 g/mol. The summed E-state index contributed by atoms with van der Waals surface area (Å²) in [6, 6.07) is 28.5. The minimum absolute atomic E-state index is 0.0308. The molecule has 0 aliphatic rings. The molecule has 4 rings (SSSR count). The second-order valence-corrected chi connectivity index (χ2v) is 9.94. The van der Waals surface area contributed by atoms with Crippen LogP contribution in [0, 0.1) is 12.7 Å². The number of nitrogens with zero attached hydrogens (tertiary/aromatic N) is 1. The van der Waals surface area contributed by atoms with E-state index < -0.39 is 18.1 Å². The van der Waals surface area contributed by atoms with Gasteiger partial charge in [0.15, 0.2) is 12.0 Å². The summed E-state index contributed by atoms with van der Waals surface area (Å²) in [5.74, 6) is -0.732. The maximum absolute atomic E-state index is 16.6. The molecule has 6 nitrogen and oxygen atoms in total. The largest absolute Gasteiger partial charge is 0.490 e. The van der Waals surface area contributed by atoms with Gasteiger partial charge in [0.2, 0.25) is 0 Å². The summed E-state index contributed by atoms with van der Waals surface area (Å²) in [4.78, 5) is 15.8. The van der Waals surface area contributed by atoms with Crippen molar-refractivity contribution in [3.8, 4) is 11.5 Å². The number of anilines is 1. The zero-order valence-corrected chi connectivity index (χ0v) is 24.6. The number of carbonyl (C=O) groups excluding carboxylic acids is 1. The summed E-state index contributed by atoms with van der Waals surface area (Å²) in [5.41, 5.74) is 2.67. The van der Waals surface area contributed by atoms with Gasteiger partial charge >= 0.3 is 5.97 Å². The Kier molecular flexibility index (Phi) is 11.1. The van der Waals surface area contributed by atoms with Gasteiger partial charge in [0, 0.05) is 32.9 Å². The van der Waals surface area contributed by atoms with E-state index in [0.29, 0.717) is 31.1 Å². The third-order valence-corrected chi connectivity index (χ3v) is 6.95. The number of esters is 1. The van der Waals surface area contributed by atoms with Crippen LogP contribution in [0.4, 0.5) is 10.1 Å². The Labute approximate surface area is 247 Å². The first-order valence-corrected chi connectivity index (χ1v) is 14.1. The monoisotopic (exact) mass is 571 g/mol. The van der Waals surface area contributed by atoms with E-state index in [-0.39, 0.29) is 22.4 Å². The Hall–Kier alpha value is -4.20. The number of ether oxygens (including phenoxy) is 4. The molecule has 0 aromatic heterocycles. The summed E-state index contributed by atoms with van der Waals surface area (Å²) in [6.45, 7) is 4.75. The van der Waals surface area contributed by atoms with Crippen LogP contribution in [0.5, 0.6) is 11.5 Å². The quantitative estimate of drug-likeness (QED) is 0.0661. The highest BCUT2D eigenvalue weighted by Gasteiger charge is 2.35. The molecule has 0 saturated heterocycles. The number of carbonyl (C=O) groups is 1. The summed E-state index contributed by atoms with van der Waals surface area (Å²) >= 11 is 0. The van der Waals surface area contributed by atoms with Crippen molar-refractivity contribution in [1.82, 2.24) is 0 Å². The smallest absolute Gasteiger partial charge is 0.347 e. The van der Waals surface area contributed by atoms with Gasteiger partial charge in [-0.25, -0.2) is 9.18 Å². The van der Waals surface area contributed by atoms with E-state index in [1.54, 1.807) is 31.2 Å². The highest BCUT2D eigenvalue weighted by atomic mass is 19.1. The molecule has 0 fully saturated rings. The minimum atomic E-state index is -1.06. The Bertz CT molecular complexity index is 1390. The number of methoxy groups -OCH3 is 2. The van der Waals surface area contributed by atoms with Crippen molar-refractivity contribution in [3.05, 3.63) is 125 Å². The predicted molar refractivity (Wildman–Crippen MR) is 162 cm³/mol. The van der Waals surface area contributed by atoms with Crippen LogP contribution in [0.25, 0.3) is 0 Å².